The molecule has 2 saturated heterocycles. The fraction of sp³-hybridized carbons (Fsp3) is 0.500. The van der Waals surface area contributed by atoms with Crippen molar-refractivity contribution in [3.63, 3.8) is 0 Å². The van der Waals surface area contributed by atoms with E-state index in [-0.39, 0.29) is 17.7 Å². The van der Waals surface area contributed by atoms with Gasteiger partial charge >= 0.3 is 0 Å². The summed E-state index contributed by atoms with van der Waals surface area (Å²) in [5, 5.41) is 0. The van der Waals surface area contributed by atoms with E-state index in [1.54, 1.807) is 18.5 Å². The van der Waals surface area contributed by atoms with Crippen LogP contribution >= 0.6 is 0 Å². The van der Waals surface area contributed by atoms with Crippen molar-refractivity contribution < 1.29 is 14.0 Å². The zero-order chi connectivity index (χ0) is 18.6. The number of aromatic nitrogens is 1. The molecule has 0 spiro atoms. The van der Waals surface area contributed by atoms with Crippen LogP contribution in [0.25, 0.3) is 0 Å². The minimum absolute atomic E-state index is 0.00869. The summed E-state index contributed by atoms with van der Waals surface area (Å²) in [4.78, 5) is 34.4. The van der Waals surface area contributed by atoms with E-state index in [1.807, 2.05) is 28.0 Å². The van der Waals surface area contributed by atoms with Crippen LogP contribution in [-0.2, 0) is 11.3 Å². The number of nitrogens with one attached hydrogen (secondary N) is 1. The summed E-state index contributed by atoms with van der Waals surface area (Å²) in [6.45, 7) is 4.94. The van der Waals surface area contributed by atoms with Crippen LogP contribution < -0.4 is 0 Å². The Morgan fingerprint density at radius 3 is 2.59 bits per heavy atom. The minimum Gasteiger partial charge on any atom is -0.468 e. The van der Waals surface area contributed by atoms with Crippen molar-refractivity contribution >= 4 is 11.8 Å². The standard InChI is InChI=1S/C20H26N4O3/c25-19(16-4-2-8-22(14-16)15-17-5-3-13-27-17)23-9-11-24(12-10-23)20(26)18-6-1-7-21-18/h1,3,5-7,13,16,21H,2,4,8-12,14-15H2/t16-/m0/s1. The monoisotopic (exact) mass is 370 g/mol. The van der Waals surface area contributed by atoms with E-state index in [2.05, 4.69) is 9.88 Å². The first-order valence-corrected chi connectivity index (χ1v) is 9.67. The number of amides is 2. The van der Waals surface area contributed by atoms with Crippen molar-refractivity contribution in [3.05, 3.63) is 48.2 Å². The second kappa shape index (κ2) is 8.00. The van der Waals surface area contributed by atoms with Crippen LogP contribution in [-0.4, -0.2) is 70.8 Å². The normalized spacial score (nSPS) is 21.4. The molecule has 4 rings (SSSR count). The third-order valence-electron chi connectivity index (χ3n) is 5.52. The molecule has 0 radical (unpaired) electrons. The van der Waals surface area contributed by atoms with Crippen LogP contribution in [0, 0.1) is 5.92 Å². The number of aromatic amines is 1. The molecule has 144 valence electrons. The maximum Gasteiger partial charge on any atom is 0.270 e. The Kier molecular flexibility index (Phi) is 5.29. The molecule has 7 heteroatoms. The van der Waals surface area contributed by atoms with Crippen molar-refractivity contribution in [1.29, 1.82) is 0 Å². The average molecular weight is 370 g/mol. The van der Waals surface area contributed by atoms with Gasteiger partial charge in [-0.3, -0.25) is 14.5 Å². The van der Waals surface area contributed by atoms with Gasteiger partial charge in [-0.15, -0.1) is 0 Å². The number of hydrogen-bond acceptors (Lipinski definition) is 4. The number of H-pyrrole nitrogens is 1. The molecule has 0 unspecified atom stereocenters. The third kappa shape index (κ3) is 4.08. The largest absolute Gasteiger partial charge is 0.468 e. The van der Waals surface area contributed by atoms with Crippen molar-refractivity contribution in [1.82, 2.24) is 19.7 Å². The highest BCUT2D eigenvalue weighted by Crippen LogP contribution is 2.21. The van der Waals surface area contributed by atoms with Gasteiger partial charge in [-0.05, 0) is 43.7 Å². The summed E-state index contributed by atoms with van der Waals surface area (Å²) in [6.07, 6.45) is 5.41. The second-order valence-corrected chi connectivity index (χ2v) is 7.35. The van der Waals surface area contributed by atoms with Gasteiger partial charge < -0.3 is 19.2 Å². The van der Waals surface area contributed by atoms with Gasteiger partial charge in [0, 0.05) is 38.9 Å². The molecule has 2 amide bonds. The molecule has 1 atom stereocenters. The summed E-state index contributed by atoms with van der Waals surface area (Å²) < 4.78 is 5.44. The molecule has 4 heterocycles. The van der Waals surface area contributed by atoms with Crippen LogP contribution in [0.15, 0.2) is 41.1 Å². The van der Waals surface area contributed by atoms with E-state index in [9.17, 15) is 9.59 Å². The number of hydrogen-bond donors (Lipinski definition) is 1. The maximum absolute atomic E-state index is 13.0. The number of piperidine rings is 1. The topological polar surface area (TPSA) is 72.8 Å². The first-order chi connectivity index (χ1) is 13.2. The van der Waals surface area contributed by atoms with E-state index in [0.717, 1.165) is 38.2 Å². The van der Waals surface area contributed by atoms with Gasteiger partial charge in [0.2, 0.25) is 5.91 Å². The minimum atomic E-state index is 0.00869. The lowest BCUT2D eigenvalue weighted by Crippen LogP contribution is -2.53. The van der Waals surface area contributed by atoms with Gasteiger partial charge in [-0.1, -0.05) is 0 Å². The highest BCUT2D eigenvalue weighted by atomic mass is 16.3. The highest BCUT2D eigenvalue weighted by Gasteiger charge is 2.32. The smallest absolute Gasteiger partial charge is 0.270 e. The van der Waals surface area contributed by atoms with Crippen molar-refractivity contribution in [2.75, 3.05) is 39.3 Å². The molecule has 7 nitrogen and oxygen atoms in total. The fourth-order valence-electron chi connectivity index (χ4n) is 4.05. The van der Waals surface area contributed by atoms with Gasteiger partial charge in [0.1, 0.15) is 11.5 Å². The van der Waals surface area contributed by atoms with E-state index >= 15 is 0 Å². The predicted molar refractivity (Wildman–Crippen MR) is 100.0 cm³/mol. The number of furan rings is 1. The molecule has 0 bridgehead atoms. The second-order valence-electron chi connectivity index (χ2n) is 7.35. The van der Waals surface area contributed by atoms with Gasteiger partial charge in [0.05, 0.1) is 18.7 Å². The summed E-state index contributed by atoms with van der Waals surface area (Å²) in [6, 6.07) is 7.49. The lowest BCUT2D eigenvalue weighted by molar-refractivity contribution is -0.139. The predicted octanol–water partition coefficient (Wildman–Crippen LogP) is 1.80. The zero-order valence-electron chi connectivity index (χ0n) is 15.5. The van der Waals surface area contributed by atoms with E-state index in [1.165, 1.54) is 0 Å². The van der Waals surface area contributed by atoms with Crippen LogP contribution in [0.5, 0.6) is 0 Å². The molecule has 2 aliphatic heterocycles. The third-order valence-corrected chi connectivity index (χ3v) is 5.52. The summed E-state index contributed by atoms with van der Waals surface area (Å²) in [5.74, 6) is 1.22. The van der Waals surface area contributed by atoms with Gasteiger partial charge in [0.15, 0.2) is 0 Å². The Morgan fingerprint density at radius 2 is 1.89 bits per heavy atom. The molecular weight excluding hydrogens is 344 g/mol. The Labute approximate surface area is 158 Å². The lowest BCUT2D eigenvalue weighted by Gasteiger charge is -2.38. The quantitative estimate of drug-likeness (QED) is 0.891. The molecular formula is C20H26N4O3. The number of nitrogens with zero attached hydrogens (tertiary/aromatic N) is 3. The zero-order valence-corrected chi connectivity index (χ0v) is 15.5. The molecule has 27 heavy (non-hydrogen) atoms. The van der Waals surface area contributed by atoms with Crippen LogP contribution in [0.1, 0.15) is 29.1 Å². The molecule has 0 aromatic carbocycles. The first-order valence-electron chi connectivity index (χ1n) is 9.67. The summed E-state index contributed by atoms with van der Waals surface area (Å²) in [5.41, 5.74) is 0.607. The van der Waals surface area contributed by atoms with Crippen LogP contribution in [0.4, 0.5) is 0 Å². The fourth-order valence-corrected chi connectivity index (χ4v) is 4.05. The molecule has 1 N–H and O–H groups in total. The van der Waals surface area contributed by atoms with Gasteiger partial charge in [0.25, 0.3) is 5.91 Å². The van der Waals surface area contributed by atoms with Crippen molar-refractivity contribution in [3.8, 4) is 0 Å². The first kappa shape index (κ1) is 17.9. The summed E-state index contributed by atoms with van der Waals surface area (Å²) >= 11 is 0. The summed E-state index contributed by atoms with van der Waals surface area (Å²) in [7, 11) is 0. The Hall–Kier alpha value is -2.54. The molecule has 2 aromatic rings. The Morgan fingerprint density at radius 1 is 1.07 bits per heavy atom. The molecule has 2 aliphatic rings. The lowest BCUT2D eigenvalue weighted by atomic mass is 9.96. The van der Waals surface area contributed by atoms with Gasteiger partial charge in [-0.25, -0.2) is 0 Å². The number of rotatable bonds is 4. The Balaban J connectivity index is 1.29. The van der Waals surface area contributed by atoms with Crippen molar-refractivity contribution in [2.45, 2.75) is 19.4 Å². The van der Waals surface area contributed by atoms with Crippen LogP contribution in [0.2, 0.25) is 0 Å². The molecule has 0 aliphatic carbocycles. The molecule has 0 saturated carbocycles. The van der Waals surface area contributed by atoms with E-state index in [0.29, 0.717) is 31.9 Å². The number of carbonyl (C=O) groups is 2. The van der Waals surface area contributed by atoms with Gasteiger partial charge in [-0.2, -0.15) is 0 Å². The number of carbonyl (C=O) groups excluding carboxylic acids is 2. The average Bonchev–Trinajstić information content (AvgIpc) is 3.41. The van der Waals surface area contributed by atoms with Crippen molar-refractivity contribution in [2.24, 2.45) is 5.92 Å². The number of piperazine rings is 1. The number of likely N-dealkylation sites (tertiary alicyclic amines) is 1. The SMILES string of the molecule is O=C(c1ccc[nH]1)N1CCN(C(=O)[C@H]2CCCN(Cc3ccco3)C2)CC1. The molecule has 2 aromatic heterocycles. The Bertz CT molecular complexity index is 748. The highest BCUT2D eigenvalue weighted by molar-refractivity contribution is 5.92. The van der Waals surface area contributed by atoms with E-state index < -0.39 is 0 Å². The molecule has 2 fully saturated rings. The van der Waals surface area contributed by atoms with E-state index in [4.69, 9.17) is 4.42 Å². The van der Waals surface area contributed by atoms with Crippen LogP contribution in [0.3, 0.4) is 0 Å². The maximum atomic E-state index is 13.0.